The van der Waals surface area contributed by atoms with Crippen molar-refractivity contribution in [1.29, 1.82) is 0 Å². The van der Waals surface area contributed by atoms with Gasteiger partial charge in [0.1, 0.15) is 0 Å². The smallest absolute Gasteiger partial charge is 0.317 e. The molecular formula is C13H26N4O. The van der Waals surface area contributed by atoms with Crippen molar-refractivity contribution < 1.29 is 4.79 Å². The Morgan fingerprint density at radius 1 is 1.39 bits per heavy atom. The third-order valence-electron chi connectivity index (χ3n) is 3.92. The normalized spacial score (nSPS) is 25.5. The lowest BCUT2D eigenvalue weighted by molar-refractivity contribution is 0.156. The summed E-state index contributed by atoms with van der Waals surface area (Å²) in [5, 5.41) is 6.29. The number of likely N-dealkylation sites (tertiary alicyclic amines) is 1. The largest absolute Gasteiger partial charge is 0.336 e. The van der Waals surface area contributed by atoms with Gasteiger partial charge < -0.3 is 20.4 Å². The van der Waals surface area contributed by atoms with Gasteiger partial charge in [0.05, 0.1) is 0 Å². The van der Waals surface area contributed by atoms with Gasteiger partial charge in [-0.15, -0.1) is 0 Å². The first-order valence-electron chi connectivity index (χ1n) is 7.25. The molecule has 2 amide bonds. The first-order valence-corrected chi connectivity index (χ1v) is 7.25. The van der Waals surface area contributed by atoms with E-state index in [2.05, 4.69) is 22.5 Å². The minimum atomic E-state index is 0.108. The Kier molecular flexibility index (Phi) is 5.26. The molecule has 1 atom stereocenters. The van der Waals surface area contributed by atoms with E-state index in [1.165, 1.54) is 25.9 Å². The quantitative estimate of drug-likeness (QED) is 0.718. The first kappa shape index (κ1) is 13.6. The van der Waals surface area contributed by atoms with Crippen LogP contribution in [-0.4, -0.2) is 68.2 Å². The fourth-order valence-electron chi connectivity index (χ4n) is 2.86. The molecule has 0 spiro atoms. The average Bonchev–Trinajstić information content (AvgIpc) is 2.80. The molecule has 5 nitrogen and oxygen atoms in total. The summed E-state index contributed by atoms with van der Waals surface area (Å²) in [5.41, 5.74) is 0. The number of hydrogen-bond acceptors (Lipinski definition) is 3. The van der Waals surface area contributed by atoms with Crippen molar-refractivity contribution in [2.75, 3.05) is 52.4 Å². The molecule has 2 aliphatic rings. The molecular weight excluding hydrogens is 228 g/mol. The summed E-state index contributed by atoms with van der Waals surface area (Å²) in [6, 6.07) is 0.108. The third kappa shape index (κ3) is 3.85. The maximum Gasteiger partial charge on any atom is 0.317 e. The van der Waals surface area contributed by atoms with Gasteiger partial charge in [0, 0.05) is 32.7 Å². The highest BCUT2D eigenvalue weighted by Crippen LogP contribution is 2.15. The Bertz CT molecular complexity index is 272. The van der Waals surface area contributed by atoms with Crippen LogP contribution >= 0.6 is 0 Å². The van der Waals surface area contributed by atoms with E-state index >= 15 is 0 Å². The fourth-order valence-corrected chi connectivity index (χ4v) is 2.86. The number of rotatable bonds is 6. The minimum absolute atomic E-state index is 0.108. The fraction of sp³-hybridized carbons (Fsp3) is 0.923. The number of carbonyl (C=O) groups is 1. The average molecular weight is 254 g/mol. The van der Waals surface area contributed by atoms with Gasteiger partial charge in [-0.05, 0) is 38.4 Å². The van der Waals surface area contributed by atoms with Crippen LogP contribution in [0.3, 0.4) is 0 Å². The lowest BCUT2D eigenvalue weighted by atomic mass is 9.98. The van der Waals surface area contributed by atoms with Gasteiger partial charge >= 0.3 is 6.03 Å². The predicted molar refractivity (Wildman–Crippen MR) is 72.7 cm³/mol. The van der Waals surface area contributed by atoms with E-state index in [0.717, 1.165) is 45.2 Å². The molecule has 0 bridgehead atoms. The number of amides is 2. The van der Waals surface area contributed by atoms with Crippen molar-refractivity contribution in [3.05, 3.63) is 0 Å². The second kappa shape index (κ2) is 6.95. The van der Waals surface area contributed by atoms with Gasteiger partial charge in [0.2, 0.25) is 0 Å². The molecule has 0 aromatic carbocycles. The summed E-state index contributed by atoms with van der Waals surface area (Å²) < 4.78 is 0. The van der Waals surface area contributed by atoms with Crippen molar-refractivity contribution in [3.8, 4) is 0 Å². The van der Waals surface area contributed by atoms with E-state index in [9.17, 15) is 4.79 Å². The molecule has 0 aromatic heterocycles. The second-order valence-corrected chi connectivity index (χ2v) is 5.34. The van der Waals surface area contributed by atoms with Crippen molar-refractivity contribution >= 4 is 6.03 Å². The van der Waals surface area contributed by atoms with Crippen molar-refractivity contribution in [2.24, 2.45) is 5.92 Å². The Hall–Kier alpha value is -0.810. The molecule has 2 fully saturated rings. The molecule has 0 aliphatic carbocycles. The molecule has 1 unspecified atom stereocenters. The van der Waals surface area contributed by atoms with Gasteiger partial charge in [-0.2, -0.15) is 0 Å². The van der Waals surface area contributed by atoms with Crippen LogP contribution in [0.1, 0.15) is 19.8 Å². The highest BCUT2D eigenvalue weighted by molar-refractivity contribution is 5.76. The number of piperidine rings is 1. The Labute approximate surface area is 110 Å². The zero-order valence-electron chi connectivity index (χ0n) is 11.5. The van der Waals surface area contributed by atoms with Gasteiger partial charge in [0.25, 0.3) is 0 Å². The molecule has 2 rings (SSSR count). The lowest BCUT2D eigenvalue weighted by Crippen LogP contribution is -2.43. The summed E-state index contributed by atoms with van der Waals surface area (Å²) >= 11 is 0. The number of urea groups is 1. The molecule has 2 N–H and O–H groups in total. The summed E-state index contributed by atoms with van der Waals surface area (Å²) in [4.78, 5) is 15.9. The van der Waals surface area contributed by atoms with Crippen LogP contribution in [0, 0.1) is 5.92 Å². The Balaban J connectivity index is 1.67. The van der Waals surface area contributed by atoms with Gasteiger partial charge in [-0.3, -0.25) is 0 Å². The van der Waals surface area contributed by atoms with Crippen molar-refractivity contribution in [3.63, 3.8) is 0 Å². The first-order chi connectivity index (χ1) is 8.79. The van der Waals surface area contributed by atoms with Crippen LogP contribution in [0.5, 0.6) is 0 Å². The molecule has 0 aromatic rings. The Morgan fingerprint density at radius 3 is 3.00 bits per heavy atom. The molecule has 2 aliphatic heterocycles. The standard InChI is InChI=1S/C13H26N4O/c1-2-14-10-12-4-3-6-16(11-12)8-9-17-7-5-15-13(17)18/h12,14H,2-11H2,1H3,(H,15,18). The summed E-state index contributed by atoms with van der Waals surface area (Å²) in [6.07, 6.45) is 2.63. The van der Waals surface area contributed by atoms with Crippen molar-refractivity contribution in [1.82, 2.24) is 20.4 Å². The van der Waals surface area contributed by atoms with E-state index in [-0.39, 0.29) is 6.03 Å². The molecule has 0 radical (unpaired) electrons. The highest BCUT2D eigenvalue weighted by Gasteiger charge is 2.22. The molecule has 2 heterocycles. The van der Waals surface area contributed by atoms with Gasteiger partial charge in [-0.1, -0.05) is 6.92 Å². The van der Waals surface area contributed by atoms with E-state index in [1.54, 1.807) is 0 Å². The van der Waals surface area contributed by atoms with Crippen molar-refractivity contribution in [2.45, 2.75) is 19.8 Å². The predicted octanol–water partition coefficient (Wildman–Crippen LogP) is 0.333. The molecule has 5 heteroatoms. The molecule has 104 valence electrons. The minimum Gasteiger partial charge on any atom is -0.336 e. The monoisotopic (exact) mass is 254 g/mol. The zero-order chi connectivity index (χ0) is 12.8. The van der Waals surface area contributed by atoms with E-state index in [4.69, 9.17) is 0 Å². The molecule has 0 saturated carbocycles. The van der Waals surface area contributed by atoms with E-state index < -0.39 is 0 Å². The Morgan fingerprint density at radius 2 is 2.28 bits per heavy atom. The van der Waals surface area contributed by atoms with Crippen LogP contribution in [0.25, 0.3) is 0 Å². The van der Waals surface area contributed by atoms with Crippen LogP contribution in [0.2, 0.25) is 0 Å². The summed E-state index contributed by atoms with van der Waals surface area (Å²) in [5.74, 6) is 0.783. The van der Waals surface area contributed by atoms with Gasteiger partial charge in [0.15, 0.2) is 0 Å². The number of nitrogens with one attached hydrogen (secondary N) is 2. The second-order valence-electron chi connectivity index (χ2n) is 5.34. The lowest BCUT2D eigenvalue weighted by Gasteiger charge is -2.33. The maximum absolute atomic E-state index is 11.4. The van der Waals surface area contributed by atoms with E-state index in [1.807, 2.05) is 4.90 Å². The topological polar surface area (TPSA) is 47.6 Å². The van der Waals surface area contributed by atoms with Crippen LogP contribution in [0.15, 0.2) is 0 Å². The number of carbonyl (C=O) groups excluding carboxylic acids is 1. The maximum atomic E-state index is 11.4. The number of hydrogen-bond donors (Lipinski definition) is 2. The summed E-state index contributed by atoms with van der Waals surface area (Å²) in [7, 11) is 0. The van der Waals surface area contributed by atoms with Crippen LogP contribution in [0.4, 0.5) is 4.79 Å². The van der Waals surface area contributed by atoms with Crippen LogP contribution in [-0.2, 0) is 0 Å². The summed E-state index contributed by atoms with van der Waals surface area (Å²) in [6.45, 7) is 10.3. The zero-order valence-corrected chi connectivity index (χ0v) is 11.5. The molecule has 2 saturated heterocycles. The van der Waals surface area contributed by atoms with Gasteiger partial charge in [-0.25, -0.2) is 4.79 Å². The van der Waals surface area contributed by atoms with Crippen LogP contribution < -0.4 is 10.6 Å². The molecule has 18 heavy (non-hydrogen) atoms. The highest BCUT2D eigenvalue weighted by atomic mass is 16.2. The third-order valence-corrected chi connectivity index (χ3v) is 3.92. The SMILES string of the molecule is CCNCC1CCCN(CCN2CCNC2=O)C1. The number of nitrogens with zero attached hydrogens (tertiary/aromatic N) is 2. The van der Waals surface area contributed by atoms with E-state index in [0.29, 0.717) is 0 Å².